The number of hydrogen-bond acceptors (Lipinski definition) is 5. The summed E-state index contributed by atoms with van der Waals surface area (Å²) >= 11 is 0. The SMILES string of the molecule is COc1ccc(F)cc1/C(O)=C1\C(=O)C(=O)N(Cc2ccc(OC(C)(C)C)cc2)C1c1cccc(C)c1. The first kappa shape index (κ1) is 25.9. The van der Waals surface area contributed by atoms with Crippen molar-refractivity contribution >= 4 is 17.4 Å². The molecule has 0 aromatic heterocycles. The van der Waals surface area contributed by atoms with E-state index in [0.29, 0.717) is 11.3 Å². The van der Waals surface area contributed by atoms with Gasteiger partial charge in [0.15, 0.2) is 0 Å². The highest BCUT2D eigenvalue weighted by molar-refractivity contribution is 6.46. The summed E-state index contributed by atoms with van der Waals surface area (Å²) in [4.78, 5) is 28.0. The van der Waals surface area contributed by atoms with E-state index in [4.69, 9.17) is 9.47 Å². The first-order chi connectivity index (χ1) is 17.5. The lowest BCUT2D eigenvalue weighted by Crippen LogP contribution is -2.29. The van der Waals surface area contributed by atoms with E-state index < -0.39 is 29.3 Å². The lowest BCUT2D eigenvalue weighted by Gasteiger charge is -2.26. The van der Waals surface area contributed by atoms with Crippen molar-refractivity contribution in [1.82, 2.24) is 4.90 Å². The summed E-state index contributed by atoms with van der Waals surface area (Å²) in [5, 5.41) is 11.3. The number of likely N-dealkylation sites (tertiary alicyclic amines) is 1. The molecule has 0 bridgehead atoms. The largest absolute Gasteiger partial charge is 0.507 e. The third-order valence-electron chi connectivity index (χ3n) is 6.01. The molecule has 0 saturated carbocycles. The number of carbonyl (C=O) groups excluding carboxylic acids is 2. The Morgan fingerprint density at radius 2 is 1.73 bits per heavy atom. The predicted octanol–water partition coefficient (Wildman–Crippen LogP) is 5.94. The molecule has 0 radical (unpaired) electrons. The molecule has 1 aliphatic rings. The minimum absolute atomic E-state index is 0.00170. The van der Waals surface area contributed by atoms with E-state index in [9.17, 15) is 19.1 Å². The molecular formula is C30H30FNO5. The number of halogens is 1. The van der Waals surface area contributed by atoms with E-state index in [-0.39, 0.29) is 29.0 Å². The summed E-state index contributed by atoms with van der Waals surface area (Å²) in [6, 6.07) is 17.5. The molecule has 1 N–H and O–H groups in total. The van der Waals surface area contributed by atoms with Crippen molar-refractivity contribution in [1.29, 1.82) is 0 Å². The van der Waals surface area contributed by atoms with Crippen LogP contribution in [0.2, 0.25) is 0 Å². The van der Waals surface area contributed by atoms with Crippen LogP contribution in [-0.4, -0.2) is 34.4 Å². The van der Waals surface area contributed by atoms with Gasteiger partial charge in [-0.3, -0.25) is 9.59 Å². The van der Waals surface area contributed by atoms with Crippen LogP contribution in [0.1, 0.15) is 49.1 Å². The molecule has 0 spiro atoms. The van der Waals surface area contributed by atoms with E-state index in [1.165, 1.54) is 24.1 Å². The average molecular weight is 504 g/mol. The van der Waals surface area contributed by atoms with E-state index in [0.717, 1.165) is 17.2 Å². The Bertz CT molecular complexity index is 1370. The first-order valence-electron chi connectivity index (χ1n) is 12.0. The standard InChI is InChI=1S/C30H30FNO5/c1-18-7-6-8-20(15-18)26-25(27(33)23-16-21(31)11-14-24(23)36-5)28(34)29(35)32(26)17-19-9-12-22(13-10-19)37-30(2,3)4/h6-16,26,33H,17H2,1-5H3/b27-25+. The van der Waals surface area contributed by atoms with Crippen molar-refractivity contribution in [2.24, 2.45) is 0 Å². The quantitative estimate of drug-likeness (QED) is 0.256. The number of benzene rings is 3. The Labute approximate surface area is 215 Å². The molecular weight excluding hydrogens is 473 g/mol. The summed E-state index contributed by atoms with van der Waals surface area (Å²) in [5.74, 6) is -1.82. The average Bonchev–Trinajstić information content (AvgIpc) is 3.09. The minimum atomic E-state index is -0.877. The normalized spacial score (nSPS) is 17.2. The fraction of sp³-hybridized carbons (Fsp3) is 0.267. The van der Waals surface area contributed by atoms with Crippen LogP contribution in [0.4, 0.5) is 4.39 Å². The minimum Gasteiger partial charge on any atom is -0.507 e. The molecule has 3 aromatic rings. The molecule has 4 rings (SSSR count). The molecule has 1 amide bonds. The van der Waals surface area contributed by atoms with Crippen LogP contribution in [0, 0.1) is 12.7 Å². The second-order valence-electron chi connectivity index (χ2n) is 10.0. The Kier molecular flexibility index (Phi) is 7.07. The fourth-order valence-corrected chi connectivity index (χ4v) is 4.45. The summed E-state index contributed by atoms with van der Waals surface area (Å²) in [6.07, 6.45) is 0. The summed E-state index contributed by atoms with van der Waals surface area (Å²) in [7, 11) is 1.38. The maximum absolute atomic E-state index is 14.1. The van der Waals surface area contributed by atoms with Crippen molar-refractivity contribution in [2.45, 2.75) is 45.9 Å². The van der Waals surface area contributed by atoms with Gasteiger partial charge in [-0.2, -0.15) is 0 Å². The molecule has 1 heterocycles. The fourth-order valence-electron chi connectivity index (χ4n) is 4.45. The van der Waals surface area contributed by atoms with Gasteiger partial charge in [0, 0.05) is 6.54 Å². The third-order valence-corrected chi connectivity index (χ3v) is 6.01. The van der Waals surface area contributed by atoms with Crippen LogP contribution in [0.25, 0.3) is 5.76 Å². The molecule has 1 unspecified atom stereocenters. The molecule has 1 saturated heterocycles. The molecule has 6 nitrogen and oxygen atoms in total. The number of rotatable bonds is 6. The highest BCUT2D eigenvalue weighted by Gasteiger charge is 2.46. The lowest BCUT2D eigenvalue weighted by atomic mass is 9.94. The van der Waals surface area contributed by atoms with Gasteiger partial charge in [-0.15, -0.1) is 0 Å². The Hall–Kier alpha value is -4.13. The van der Waals surface area contributed by atoms with Crippen molar-refractivity contribution < 1.29 is 28.6 Å². The summed E-state index contributed by atoms with van der Waals surface area (Å²) < 4.78 is 25.3. The maximum Gasteiger partial charge on any atom is 0.295 e. The molecule has 7 heteroatoms. The van der Waals surface area contributed by atoms with E-state index in [1.54, 1.807) is 6.07 Å². The first-order valence-corrected chi connectivity index (χ1v) is 12.0. The smallest absolute Gasteiger partial charge is 0.295 e. The van der Waals surface area contributed by atoms with Gasteiger partial charge in [-0.05, 0) is 69.2 Å². The van der Waals surface area contributed by atoms with Crippen LogP contribution in [0.5, 0.6) is 11.5 Å². The number of aliphatic hydroxyl groups is 1. The topological polar surface area (TPSA) is 76.1 Å². The number of amides is 1. The highest BCUT2D eigenvalue weighted by Crippen LogP contribution is 2.42. The van der Waals surface area contributed by atoms with Crippen LogP contribution in [-0.2, 0) is 16.1 Å². The summed E-state index contributed by atoms with van der Waals surface area (Å²) in [6.45, 7) is 7.89. The number of nitrogens with zero attached hydrogens (tertiary/aromatic N) is 1. The molecule has 37 heavy (non-hydrogen) atoms. The van der Waals surface area contributed by atoms with Crippen molar-refractivity contribution in [3.8, 4) is 11.5 Å². The zero-order valence-electron chi connectivity index (χ0n) is 21.5. The van der Waals surface area contributed by atoms with Gasteiger partial charge < -0.3 is 19.5 Å². The van der Waals surface area contributed by atoms with Gasteiger partial charge in [0.2, 0.25) is 0 Å². The number of hydrogen-bond donors (Lipinski definition) is 1. The Morgan fingerprint density at radius 1 is 1.03 bits per heavy atom. The lowest BCUT2D eigenvalue weighted by molar-refractivity contribution is -0.140. The van der Waals surface area contributed by atoms with Crippen LogP contribution in [0.15, 0.2) is 72.3 Å². The number of carbonyl (C=O) groups is 2. The van der Waals surface area contributed by atoms with Gasteiger partial charge in [-0.1, -0.05) is 42.0 Å². The zero-order chi connectivity index (χ0) is 26.9. The van der Waals surface area contributed by atoms with E-state index >= 15 is 0 Å². The second kappa shape index (κ2) is 10.1. The van der Waals surface area contributed by atoms with Gasteiger partial charge in [-0.25, -0.2) is 4.39 Å². The zero-order valence-corrected chi connectivity index (χ0v) is 21.5. The van der Waals surface area contributed by atoms with Gasteiger partial charge >= 0.3 is 0 Å². The van der Waals surface area contributed by atoms with E-state index in [1.807, 2.05) is 70.2 Å². The Morgan fingerprint density at radius 3 is 2.35 bits per heavy atom. The Balaban J connectivity index is 1.81. The van der Waals surface area contributed by atoms with Crippen LogP contribution < -0.4 is 9.47 Å². The summed E-state index contributed by atoms with van der Waals surface area (Å²) in [5.41, 5.74) is 1.89. The van der Waals surface area contributed by atoms with Crippen LogP contribution in [0.3, 0.4) is 0 Å². The van der Waals surface area contributed by atoms with Crippen molar-refractivity contribution in [2.75, 3.05) is 7.11 Å². The molecule has 192 valence electrons. The van der Waals surface area contributed by atoms with Crippen molar-refractivity contribution in [3.63, 3.8) is 0 Å². The van der Waals surface area contributed by atoms with Crippen molar-refractivity contribution in [3.05, 3.63) is 100 Å². The number of ether oxygens (including phenoxy) is 2. The molecule has 1 fully saturated rings. The second-order valence-corrected chi connectivity index (χ2v) is 10.0. The number of ketones is 1. The number of aryl methyl sites for hydroxylation is 1. The van der Waals surface area contributed by atoms with Gasteiger partial charge in [0.1, 0.15) is 28.7 Å². The highest BCUT2D eigenvalue weighted by atomic mass is 19.1. The number of methoxy groups -OCH3 is 1. The third kappa shape index (κ3) is 5.50. The number of aliphatic hydroxyl groups excluding tert-OH is 1. The number of Topliss-reactive ketones (excluding diaryl/α,β-unsaturated/α-hetero) is 1. The van der Waals surface area contributed by atoms with Gasteiger partial charge in [0.05, 0.1) is 24.3 Å². The van der Waals surface area contributed by atoms with Gasteiger partial charge in [0.25, 0.3) is 11.7 Å². The molecule has 0 aliphatic carbocycles. The van der Waals surface area contributed by atoms with E-state index in [2.05, 4.69) is 0 Å². The predicted molar refractivity (Wildman–Crippen MR) is 139 cm³/mol. The molecule has 3 aromatic carbocycles. The van der Waals surface area contributed by atoms with Crippen LogP contribution >= 0.6 is 0 Å². The molecule has 1 aliphatic heterocycles. The monoisotopic (exact) mass is 503 g/mol. The molecule has 1 atom stereocenters. The maximum atomic E-state index is 14.1.